The van der Waals surface area contributed by atoms with E-state index >= 15 is 0 Å². The second-order valence-corrected chi connectivity index (χ2v) is 6.07. The number of thioether (sulfide) groups is 1. The van der Waals surface area contributed by atoms with E-state index < -0.39 is 0 Å². The molecule has 3 nitrogen and oxygen atoms in total. The number of hydrogen-bond acceptors (Lipinski definition) is 4. The predicted molar refractivity (Wildman–Crippen MR) is 70.1 cm³/mol. The molecule has 0 aliphatic heterocycles. The standard InChI is InChI=1S/C12H25NO2S/c1-12(10-14,13-11-4-5-11)6-3-8-16-9-7-15-2/h11,13-14H,3-10H2,1-2H3. The molecule has 0 spiro atoms. The van der Waals surface area contributed by atoms with Crippen LogP contribution in [0.4, 0.5) is 0 Å². The fourth-order valence-electron chi connectivity index (χ4n) is 1.73. The Morgan fingerprint density at radius 1 is 1.44 bits per heavy atom. The van der Waals surface area contributed by atoms with Gasteiger partial charge in [-0.3, -0.25) is 0 Å². The monoisotopic (exact) mass is 247 g/mol. The minimum Gasteiger partial charge on any atom is -0.394 e. The number of methoxy groups -OCH3 is 1. The molecule has 0 heterocycles. The molecule has 1 atom stereocenters. The topological polar surface area (TPSA) is 41.5 Å². The van der Waals surface area contributed by atoms with Gasteiger partial charge in [0.2, 0.25) is 0 Å². The molecule has 0 radical (unpaired) electrons. The van der Waals surface area contributed by atoms with Crippen LogP contribution in [0.3, 0.4) is 0 Å². The van der Waals surface area contributed by atoms with Crippen LogP contribution in [0.5, 0.6) is 0 Å². The molecular formula is C12H25NO2S. The molecule has 1 fully saturated rings. The summed E-state index contributed by atoms with van der Waals surface area (Å²) in [6.07, 6.45) is 4.77. The van der Waals surface area contributed by atoms with Crippen molar-refractivity contribution in [2.24, 2.45) is 0 Å². The number of aliphatic hydroxyl groups is 1. The number of rotatable bonds is 10. The van der Waals surface area contributed by atoms with E-state index in [4.69, 9.17) is 4.74 Å². The van der Waals surface area contributed by atoms with Crippen LogP contribution >= 0.6 is 11.8 Å². The molecule has 2 N–H and O–H groups in total. The van der Waals surface area contributed by atoms with Gasteiger partial charge in [-0.15, -0.1) is 0 Å². The van der Waals surface area contributed by atoms with Gasteiger partial charge in [0.1, 0.15) is 0 Å². The normalized spacial score (nSPS) is 19.7. The Bertz CT molecular complexity index is 188. The first-order chi connectivity index (χ1) is 7.70. The second kappa shape index (κ2) is 7.54. The van der Waals surface area contributed by atoms with Gasteiger partial charge in [0.05, 0.1) is 13.2 Å². The van der Waals surface area contributed by atoms with Crippen molar-refractivity contribution in [1.29, 1.82) is 0 Å². The third-order valence-corrected chi connectivity index (χ3v) is 3.96. The highest BCUT2D eigenvalue weighted by Crippen LogP contribution is 2.24. The van der Waals surface area contributed by atoms with Crippen LogP contribution in [0, 0.1) is 0 Å². The summed E-state index contributed by atoms with van der Waals surface area (Å²) in [5, 5.41) is 12.9. The van der Waals surface area contributed by atoms with Crippen molar-refractivity contribution in [1.82, 2.24) is 5.32 Å². The van der Waals surface area contributed by atoms with E-state index in [1.165, 1.54) is 12.8 Å². The molecule has 1 saturated carbocycles. The quantitative estimate of drug-likeness (QED) is 0.576. The number of nitrogens with one attached hydrogen (secondary N) is 1. The Morgan fingerprint density at radius 3 is 2.75 bits per heavy atom. The zero-order chi connectivity index (χ0) is 11.9. The molecule has 1 aliphatic carbocycles. The highest BCUT2D eigenvalue weighted by molar-refractivity contribution is 7.99. The SMILES string of the molecule is COCCSCCCC(C)(CO)NC1CC1. The molecule has 96 valence electrons. The average molecular weight is 247 g/mol. The minimum absolute atomic E-state index is 0.0665. The molecular weight excluding hydrogens is 222 g/mol. The van der Waals surface area contributed by atoms with Crippen molar-refractivity contribution in [3.8, 4) is 0 Å². The summed E-state index contributed by atoms with van der Waals surface area (Å²) in [6.45, 7) is 3.21. The number of ether oxygens (including phenoxy) is 1. The highest BCUT2D eigenvalue weighted by Gasteiger charge is 2.31. The van der Waals surface area contributed by atoms with E-state index in [-0.39, 0.29) is 12.1 Å². The van der Waals surface area contributed by atoms with Gasteiger partial charge in [-0.25, -0.2) is 0 Å². The molecule has 0 amide bonds. The van der Waals surface area contributed by atoms with Crippen LogP contribution in [-0.2, 0) is 4.74 Å². The third-order valence-electron chi connectivity index (χ3n) is 2.93. The van der Waals surface area contributed by atoms with Gasteiger partial charge in [-0.2, -0.15) is 11.8 Å². The van der Waals surface area contributed by atoms with E-state index in [0.29, 0.717) is 6.04 Å². The Balaban J connectivity index is 2.03. The molecule has 1 unspecified atom stereocenters. The highest BCUT2D eigenvalue weighted by atomic mass is 32.2. The molecule has 0 aromatic carbocycles. The summed E-state index contributed by atoms with van der Waals surface area (Å²) >= 11 is 1.93. The lowest BCUT2D eigenvalue weighted by molar-refractivity contribution is 0.163. The lowest BCUT2D eigenvalue weighted by Gasteiger charge is -2.29. The lowest BCUT2D eigenvalue weighted by atomic mass is 9.97. The molecule has 0 aromatic heterocycles. The summed E-state index contributed by atoms with van der Waals surface area (Å²) < 4.78 is 5.00. The van der Waals surface area contributed by atoms with Gasteiger partial charge in [0.25, 0.3) is 0 Å². The summed E-state index contributed by atoms with van der Waals surface area (Å²) in [4.78, 5) is 0. The van der Waals surface area contributed by atoms with Gasteiger partial charge >= 0.3 is 0 Å². The third kappa shape index (κ3) is 6.09. The first kappa shape index (κ1) is 14.3. The molecule has 0 saturated heterocycles. The number of aliphatic hydroxyl groups excluding tert-OH is 1. The van der Waals surface area contributed by atoms with Crippen molar-refractivity contribution in [2.75, 3.05) is 31.8 Å². The zero-order valence-corrected chi connectivity index (χ0v) is 11.3. The van der Waals surface area contributed by atoms with Crippen LogP contribution in [0.1, 0.15) is 32.6 Å². The Morgan fingerprint density at radius 2 is 2.19 bits per heavy atom. The Labute approximate surface area is 103 Å². The van der Waals surface area contributed by atoms with Crippen molar-refractivity contribution in [2.45, 2.75) is 44.2 Å². The van der Waals surface area contributed by atoms with Crippen molar-refractivity contribution in [3.05, 3.63) is 0 Å². The van der Waals surface area contributed by atoms with Crippen molar-refractivity contribution >= 4 is 11.8 Å². The molecule has 4 heteroatoms. The predicted octanol–water partition coefficient (Wildman–Crippen LogP) is 1.65. The van der Waals surface area contributed by atoms with Crippen LogP contribution < -0.4 is 5.32 Å². The Kier molecular flexibility index (Phi) is 6.73. The summed E-state index contributed by atoms with van der Waals surface area (Å²) in [5.74, 6) is 2.23. The Hall–Kier alpha value is 0.230. The molecule has 0 aromatic rings. The molecule has 1 aliphatic rings. The molecule has 16 heavy (non-hydrogen) atoms. The first-order valence-electron chi connectivity index (χ1n) is 6.15. The zero-order valence-electron chi connectivity index (χ0n) is 10.5. The first-order valence-corrected chi connectivity index (χ1v) is 7.31. The largest absolute Gasteiger partial charge is 0.394 e. The molecule has 0 bridgehead atoms. The maximum Gasteiger partial charge on any atom is 0.0610 e. The fourth-order valence-corrected chi connectivity index (χ4v) is 2.56. The fraction of sp³-hybridized carbons (Fsp3) is 1.00. The van der Waals surface area contributed by atoms with Crippen LogP contribution in [0.25, 0.3) is 0 Å². The van der Waals surface area contributed by atoms with Gasteiger partial charge in [0, 0.05) is 24.4 Å². The van der Waals surface area contributed by atoms with Gasteiger partial charge in [-0.05, 0) is 38.4 Å². The van der Waals surface area contributed by atoms with E-state index in [2.05, 4.69) is 12.2 Å². The lowest BCUT2D eigenvalue weighted by Crippen LogP contribution is -2.47. The summed E-state index contributed by atoms with van der Waals surface area (Å²) in [6, 6.07) is 0.665. The van der Waals surface area contributed by atoms with Crippen LogP contribution in [0.2, 0.25) is 0 Å². The van der Waals surface area contributed by atoms with Gasteiger partial charge in [-0.1, -0.05) is 0 Å². The van der Waals surface area contributed by atoms with Gasteiger partial charge < -0.3 is 15.2 Å². The number of hydrogen-bond donors (Lipinski definition) is 2. The second-order valence-electron chi connectivity index (χ2n) is 4.85. The maximum atomic E-state index is 9.41. The summed E-state index contributed by atoms with van der Waals surface area (Å²) in [5.41, 5.74) is -0.0665. The van der Waals surface area contributed by atoms with E-state index in [0.717, 1.165) is 31.0 Å². The van der Waals surface area contributed by atoms with E-state index in [9.17, 15) is 5.11 Å². The van der Waals surface area contributed by atoms with E-state index in [1.807, 2.05) is 11.8 Å². The van der Waals surface area contributed by atoms with Crippen molar-refractivity contribution in [3.63, 3.8) is 0 Å². The minimum atomic E-state index is -0.0665. The molecule has 1 rings (SSSR count). The summed E-state index contributed by atoms with van der Waals surface area (Å²) in [7, 11) is 1.74. The van der Waals surface area contributed by atoms with Crippen molar-refractivity contribution < 1.29 is 9.84 Å². The smallest absolute Gasteiger partial charge is 0.0610 e. The van der Waals surface area contributed by atoms with Gasteiger partial charge in [0.15, 0.2) is 0 Å². The average Bonchev–Trinajstić information content (AvgIpc) is 3.07. The van der Waals surface area contributed by atoms with Crippen LogP contribution in [0.15, 0.2) is 0 Å². The van der Waals surface area contributed by atoms with E-state index in [1.54, 1.807) is 7.11 Å². The maximum absolute atomic E-state index is 9.41. The van der Waals surface area contributed by atoms with Crippen LogP contribution in [-0.4, -0.2) is 48.5 Å².